The summed E-state index contributed by atoms with van der Waals surface area (Å²) in [5.41, 5.74) is 1.79. The van der Waals surface area contributed by atoms with Crippen LogP contribution in [0.3, 0.4) is 0 Å². The van der Waals surface area contributed by atoms with Gasteiger partial charge in [-0.25, -0.2) is 0 Å². The molecule has 5 heteroatoms. The molecule has 0 spiro atoms. The van der Waals surface area contributed by atoms with E-state index in [2.05, 4.69) is 0 Å². The van der Waals surface area contributed by atoms with Crippen LogP contribution in [0.1, 0.15) is 5.56 Å². The number of halogens is 1. The number of amides is 1. The maximum Gasteiger partial charge on any atom is 0.271 e. The average molecular weight is 316 g/mol. The Kier molecular flexibility index (Phi) is 3.86. The molecule has 0 N–H and O–H groups in total. The molecule has 0 saturated carbocycles. The third kappa shape index (κ3) is 2.57. The number of hydrogen-bond acceptors (Lipinski definition) is 3. The van der Waals surface area contributed by atoms with Gasteiger partial charge in [-0.3, -0.25) is 9.69 Å². The fourth-order valence-electron chi connectivity index (χ4n) is 2.40. The van der Waals surface area contributed by atoms with Crippen LogP contribution in [-0.2, 0) is 9.59 Å². The molecule has 2 aromatic rings. The first-order valence-electron chi connectivity index (χ1n) is 6.87. The lowest BCUT2D eigenvalue weighted by Crippen LogP contribution is -2.68. The number of aryl methyl sites for hydroxylation is 1. The van der Waals surface area contributed by atoms with Crippen LogP contribution in [0.2, 0.25) is 5.02 Å². The molecule has 0 bridgehead atoms. The average Bonchev–Trinajstić information content (AvgIpc) is 2.53. The summed E-state index contributed by atoms with van der Waals surface area (Å²) in [5, 5.41) is 0.584. The summed E-state index contributed by atoms with van der Waals surface area (Å²) in [7, 11) is 0. The van der Waals surface area contributed by atoms with Gasteiger partial charge in [-0.15, -0.1) is 0 Å². The van der Waals surface area contributed by atoms with Crippen LogP contribution in [0.15, 0.2) is 48.5 Å². The van der Waals surface area contributed by atoms with Crippen LogP contribution in [0.4, 0.5) is 5.69 Å². The van der Waals surface area contributed by atoms with Crippen LogP contribution in [0, 0.1) is 6.92 Å². The van der Waals surface area contributed by atoms with E-state index in [1.54, 1.807) is 24.3 Å². The third-order valence-electron chi connectivity index (χ3n) is 3.62. The number of carbonyl (C=O) groups excluding carboxylic acids is 2. The van der Waals surface area contributed by atoms with Crippen molar-refractivity contribution < 1.29 is 14.3 Å². The fourth-order valence-corrected chi connectivity index (χ4v) is 2.53. The van der Waals surface area contributed by atoms with E-state index in [-0.39, 0.29) is 5.91 Å². The number of nitrogens with zero attached hydrogens (tertiary/aromatic N) is 1. The van der Waals surface area contributed by atoms with Gasteiger partial charge in [-0.2, -0.15) is 0 Å². The Bertz CT molecular complexity index is 697. The van der Waals surface area contributed by atoms with Crippen LogP contribution in [-0.4, -0.2) is 24.3 Å². The van der Waals surface area contributed by atoms with Gasteiger partial charge >= 0.3 is 0 Å². The van der Waals surface area contributed by atoms with Gasteiger partial charge in [-0.1, -0.05) is 29.3 Å². The lowest BCUT2D eigenvalue weighted by Gasteiger charge is -2.43. The summed E-state index contributed by atoms with van der Waals surface area (Å²) in [5.74, 6) is 0.286. The molecule has 112 valence electrons. The second kappa shape index (κ2) is 5.81. The molecule has 1 aliphatic rings. The van der Waals surface area contributed by atoms with Gasteiger partial charge in [0.05, 0.1) is 0 Å². The molecular formula is C17H14ClNO3. The summed E-state index contributed by atoms with van der Waals surface area (Å²) < 4.78 is 5.62. The van der Waals surface area contributed by atoms with Crippen LogP contribution in [0.25, 0.3) is 0 Å². The Labute approximate surface area is 133 Å². The van der Waals surface area contributed by atoms with E-state index < -0.39 is 12.1 Å². The molecule has 2 unspecified atom stereocenters. The molecule has 4 nitrogen and oxygen atoms in total. The number of carbonyl (C=O) groups is 2. The number of β-lactam (4-membered cyclic amide) rings is 1. The Hall–Kier alpha value is -2.33. The fraction of sp³-hybridized carbons (Fsp3) is 0.176. The van der Waals surface area contributed by atoms with Gasteiger partial charge in [0.1, 0.15) is 18.1 Å². The summed E-state index contributed by atoms with van der Waals surface area (Å²) in [6.07, 6.45) is -0.0537. The highest BCUT2D eigenvalue weighted by Gasteiger charge is 2.50. The number of ether oxygens (including phenoxy) is 1. The molecule has 1 amide bonds. The van der Waals surface area contributed by atoms with Crippen LogP contribution < -0.4 is 9.64 Å². The number of rotatable bonds is 4. The molecule has 1 saturated heterocycles. The SMILES string of the molecule is Cc1ccc(N2C(=O)C(Oc3ccc(Cl)cc3)C2C=O)cc1. The normalized spacial score (nSPS) is 20.5. The second-order valence-corrected chi connectivity index (χ2v) is 5.60. The minimum Gasteiger partial charge on any atom is -0.478 e. The Morgan fingerprint density at radius 2 is 1.73 bits per heavy atom. The second-order valence-electron chi connectivity index (χ2n) is 5.16. The van der Waals surface area contributed by atoms with Crippen molar-refractivity contribution in [3.05, 3.63) is 59.1 Å². The zero-order valence-electron chi connectivity index (χ0n) is 11.9. The third-order valence-corrected chi connectivity index (χ3v) is 3.87. The predicted octanol–water partition coefficient (Wildman–Crippen LogP) is 3.01. The molecule has 1 fully saturated rings. The molecule has 22 heavy (non-hydrogen) atoms. The molecule has 2 atom stereocenters. The van der Waals surface area contributed by atoms with Crippen molar-refractivity contribution in [3.8, 4) is 5.75 Å². The van der Waals surface area contributed by atoms with Crippen molar-refractivity contribution in [3.63, 3.8) is 0 Å². The standard InChI is InChI=1S/C17H14ClNO3/c1-11-2-6-13(7-3-11)19-15(10-20)16(17(19)21)22-14-8-4-12(18)5-9-14/h2-10,15-16H,1H3. The predicted molar refractivity (Wildman–Crippen MR) is 84.4 cm³/mol. The molecule has 0 aromatic heterocycles. The van der Waals surface area contributed by atoms with Crippen molar-refractivity contribution >= 4 is 29.5 Å². The number of hydrogen-bond donors (Lipinski definition) is 0. The van der Waals surface area contributed by atoms with E-state index in [9.17, 15) is 9.59 Å². The van der Waals surface area contributed by atoms with E-state index in [0.717, 1.165) is 11.8 Å². The lowest BCUT2D eigenvalue weighted by atomic mass is 9.97. The first-order chi connectivity index (χ1) is 10.6. The first kappa shape index (κ1) is 14.6. The van der Waals surface area contributed by atoms with Crippen molar-refractivity contribution in [1.82, 2.24) is 0 Å². The largest absolute Gasteiger partial charge is 0.478 e. The van der Waals surface area contributed by atoms with E-state index >= 15 is 0 Å². The number of anilines is 1. The maximum atomic E-state index is 12.3. The molecule has 3 rings (SSSR count). The zero-order chi connectivity index (χ0) is 15.7. The number of aldehydes is 1. The van der Waals surface area contributed by atoms with Gasteiger partial charge in [0.25, 0.3) is 5.91 Å². The highest BCUT2D eigenvalue weighted by Crippen LogP contribution is 2.30. The van der Waals surface area contributed by atoms with E-state index in [0.29, 0.717) is 16.5 Å². The van der Waals surface area contributed by atoms with Gasteiger partial charge in [0.15, 0.2) is 0 Å². The molecule has 1 heterocycles. The van der Waals surface area contributed by atoms with Gasteiger partial charge in [0.2, 0.25) is 6.10 Å². The van der Waals surface area contributed by atoms with Crippen molar-refractivity contribution in [1.29, 1.82) is 0 Å². The smallest absolute Gasteiger partial charge is 0.271 e. The van der Waals surface area contributed by atoms with Crippen molar-refractivity contribution in [2.45, 2.75) is 19.1 Å². The summed E-state index contributed by atoms with van der Waals surface area (Å²) in [4.78, 5) is 25.1. The molecule has 2 aromatic carbocycles. The van der Waals surface area contributed by atoms with Gasteiger partial charge < -0.3 is 9.53 Å². The van der Waals surface area contributed by atoms with Crippen LogP contribution >= 0.6 is 11.6 Å². The van der Waals surface area contributed by atoms with Gasteiger partial charge in [0, 0.05) is 10.7 Å². The highest BCUT2D eigenvalue weighted by molar-refractivity contribution is 6.30. The number of benzene rings is 2. The Morgan fingerprint density at radius 3 is 2.32 bits per heavy atom. The van der Waals surface area contributed by atoms with Gasteiger partial charge in [-0.05, 0) is 43.3 Å². The molecular weight excluding hydrogens is 302 g/mol. The zero-order valence-corrected chi connectivity index (χ0v) is 12.7. The lowest BCUT2D eigenvalue weighted by molar-refractivity contribution is -0.138. The van der Waals surface area contributed by atoms with Crippen molar-refractivity contribution in [2.75, 3.05) is 4.90 Å². The highest BCUT2D eigenvalue weighted by atomic mass is 35.5. The minimum absolute atomic E-state index is 0.226. The van der Waals surface area contributed by atoms with Crippen molar-refractivity contribution in [2.24, 2.45) is 0 Å². The minimum atomic E-state index is -0.792. The quantitative estimate of drug-likeness (QED) is 0.643. The Morgan fingerprint density at radius 1 is 1.09 bits per heavy atom. The molecule has 1 aliphatic heterocycles. The first-order valence-corrected chi connectivity index (χ1v) is 7.25. The monoisotopic (exact) mass is 315 g/mol. The van der Waals surface area contributed by atoms with Crippen LogP contribution in [0.5, 0.6) is 5.75 Å². The van der Waals surface area contributed by atoms with E-state index in [1.165, 1.54) is 4.90 Å². The summed E-state index contributed by atoms with van der Waals surface area (Å²) >= 11 is 5.81. The summed E-state index contributed by atoms with van der Waals surface area (Å²) in [6, 6.07) is 13.5. The summed E-state index contributed by atoms with van der Waals surface area (Å²) in [6.45, 7) is 1.96. The topological polar surface area (TPSA) is 46.6 Å². The maximum absolute atomic E-state index is 12.3. The van der Waals surface area contributed by atoms with E-state index in [1.807, 2.05) is 31.2 Å². The molecule has 0 radical (unpaired) electrons. The Balaban J connectivity index is 1.78. The van der Waals surface area contributed by atoms with E-state index in [4.69, 9.17) is 16.3 Å². The molecule has 0 aliphatic carbocycles.